The maximum Gasteiger partial charge on any atom is 0.205 e. The van der Waals surface area contributed by atoms with E-state index in [1.54, 1.807) is 29.9 Å². The van der Waals surface area contributed by atoms with Gasteiger partial charge in [0.1, 0.15) is 10.1 Å². The van der Waals surface area contributed by atoms with Crippen molar-refractivity contribution in [3.05, 3.63) is 58.6 Å². The van der Waals surface area contributed by atoms with Gasteiger partial charge >= 0.3 is 0 Å². The number of nitrogens with zero attached hydrogens (tertiary/aromatic N) is 2. The molecule has 2 heterocycles. The van der Waals surface area contributed by atoms with E-state index in [2.05, 4.69) is 22.6 Å². The molecule has 2 aromatic heterocycles. The second kappa shape index (κ2) is 8.55. The molecule has 0 unspecified atom stereocenters. The van der Waals surface area contributed by atoms with Gasteiger partial charge in [0.15, 0.2) is 0 Å². The lowest BCUT2D eigenvalue weighted by Crippen LogP contribution is -2.35. The molecule has 0 atom stereocenters. The number of aromatic nitrogens is 1. The molecule has 0 saturated carbocycles. The third-order valence-corrected chi connectivity index (χ3v) is 7.37. The number of rotatable bonds is 7. The monoisotopic (exact) mass is 433 g/mol. The summed E-state index contributed by atoms with van der Waals surface area (Å²) in [5, 5.41) is 2.79. The SMILES string of the molecule is C/C(S)=C/N=Cc1cc2cccc(N(CS(=O)(=O)c3cccs3)C(C)C)c2[nH]1. The molecule has 0 spiro atoms. The van der Waals surface area contributed by atoms with Crippen LogP contribution in [-0.2, 0) is 9.84 Å². The number of hydrogen-bond acceptors (Lipinski definition) is 6. The summed E-state index contributed by atoms with van der Waals surface area (Å²) in [4.78, 5) is 10.3. The Morgan fingerprint density at radius 1 is 1.32 bits per heavy atom. The molecule has 5 nitrogen and oxygen atoms in total. The number of benzene rings is 1. The number of para-hydroxylation sites is 1. The maximum absolute atomic E-state index is 12.9. The minimum Gasteiger partial charge on any atom is -0.353 e. The zero-order chi connectivity index (χ0) is 20.3. The fourth-order valence-electron chi connectivity index (χ4n) is 2.88. The highest BCUT2D eigenvalue weighted by molar-refractivity contribution is 7.93. The van der Waals surface area contributed by atoms with Crippen molar-refractivity contribution in [3.63, 3.8) is 0 Å². The van der Waals surface area contributed by atoms with E-state index >= 15 is 0 Å². The average Bonchev–Trinajstić information content (AvgIpc) is 3.28. The lowest BCUT2D eigenvalue weighted by atomic mass is 10.2. The fraction of sp³-hybridized carbons (Fsp3) is 0.250. The van der Waals surface area contributed by atoms with E-state index in [0.717, 1.165) is 27.2 Å². The van der Waals surface area contributed by atoms with E-state index < -0.39 is 9.84 Å². The summed E-state index contributed by atoms with van der Waals surface area (Å²) in [6.45, 7) is 5.85. The summed E-state index contributed by atoms with van der Waals surface area (Å²) in [5.41, 5.74) is 2.59. The lowest BCUT2D eigenvalue weighted by molar-refractivity contribution is 0.591. The van der Waals surface area contributed by atoms with Crippen LogP contribution in [0.1, 0.15) is 26.5 Å². The van der Waals surface area contributed by atoms with E-state index in [1.807, 2.05) is 49.9 Å². The molecule has 3 rings (SSSR count). The number of fused-ring (bicyclic) bond motifs is 1. The van der Waals surface area contributed by atoms with Gasteiger partial charge in [-0.2, -0.15) is 0 Å². The van der Waals surface area contributed by atoms with Crippen molar-refractivity contribution in [1.82, 2.24) is 4.98 Å². The molecular weight excluding hydrogens is 410 g/mol. The highest BCUT2D eigenvalue weighted by atomic mass is 32.2. The van der Waals surface area contributed by atoms with Gasteiger partial charge in [-0.1, -0.05) is 18.2 Å². The minimum absolute atomic E-state index is 0.00974. The molecule has 0 amide bonds. The molecule has 3 aromatic rings. The van der Waals surface area contributed by atoms with Gasteiger partial charge < -0.3 is 9.88 Å². The number of aromatic amines is 1. The predicted molar refractivity (Wildman–Crippen MR) is 123 cm³/mol. The number of allylic oxidation sites excluding steroid dienone is 1. The Balaban J connectivity index is 2.00. The average molecular weight is 434 g/mol. The summed E-state index contributed by atoms with van der Waals surface area (Å²) in [7, 11) is -3.41. The van der Waals surface area contributed by atoms with E-state index in [9.17, 15) is 8.42 Å². The topological polar surface area (TPSA) is 65.5 Å². The van der Waals surface area contributed by atoms with Crippen molar-refractivity contribution in [2.75, 3.05) is 10.8 Å². The summed E-state index contributed by atoms with van der Waals surface area (Å²) in [6.07, 6.45) is 3.40. The molecule has 0 aliphatic heterocycles. The van der Waals surface area contributed by atoms with Gasteiger partial charge in [0, 0.05) is 17.6 Å². The molecule has 0 saturated heterocycles. The minimum atomic E-state index is -3.41. The first-order valence-corrected chi connectivity index (χ1v) is 11.8. The number of thiol groups is 1. The third kappa shape index (κ3) is 4.68. The Morgan fingerprint density at radius 2 is 2.11 bits per heavy atom. The zero-order valence-electron chi connectivity index (χ0n) is 16.0. The Bertz CT molecular complexity index is 1110. The number of anilines is 1. The molecule has 0 bridgehead atoms. The van der Waals surface area contributed by atoms with Crippen LogP contribution in [0.4, 0.5) is 5.69 Å². The molecule has 0 aliphatic carbocycles. The molecule has 0 radical (unpaired) electrons. The molecule has 8 heteroatoms. The Kier molecular flexibility index (Phi) is 6.32. The van der Waals surface area contributed by atoms with Crippen molar-refractivity contribution in [3.8, 4) is 0 Å². The number of hydrogen-bond donors (Lipinski definition) is 2. The van der Waals surface area contributed by atoms with Crippen molar-refractivity contribution < 1.29 is 8.42 Å². The quantitative estimate of drug-likeness (QED) is 0.403. The van der Waals surface area contributed by atoms with Crippen LogP contribution in [-0.4, -0.2) is 31.5 Å². The largest absolute Gasteiger partial charge is 0.353 e. The summed E-state index contributed by atoms with van der Waals surface area (Å²) < 4.78 is 26.1. The molecule has 1 N–H and O–H groups in total. The van der Waals surface area contributed by atoms with Crippen LogP contribution in [0.15, 0.2) is 62.1 Å². The highest BCUT2D eigenvalue weighted by Crippen LogP contribution is 2.30. The van der Waals surface area contributed by atoms with Crippen LogP contribution < -0.4 is 4.90 Å². The van der Waals surface area contributed by atoms with Crippen molar-refractivity contribution >= 4 is 56.6 Å². The molecule has 28 heavy (non-hydrogen) atoms. The summed E-state index contributed by atoms with van der Waals surface area (Å²) >= 11 is 5.45. The van der Waals surface area contributed by atoms with Gasteiger partial charge in [0.05, 0.1) is 23.1 Å². The highest BCUT2D eigenvalue weighted by Gasteiger charge is 2.24. The third-order valence-electron chi connectivity index (χ3n) is 4.17. The van der Waals surface area contributed by atoms with Gasteiger partial charge in [-0.15, -0.1) is 24.0 Å². The van der Waals surface area contributed by atoms with E-state index in [4.69, 9.17) is 0 Å². The molecule has 0 aliphatic rings. The van der Waals surface area contributed by atoms with Crippen molar-refractivity contribution in [2.45, 2.75) is 31.0 Å². The van der Waals surface area contributed by atoms with Gasteiger partial charge in [-0.05, 0) is 49.3 Å². The van der Waals surface area contributed by atoms with Crippen LogP contribution in [0, 0.1) is 0 Å². The second-order valence-electron chi connectivity index (χ2n) is 6.75. The fourth-order valence-corrected chi connectivity index (χ4v) is 5.52. The zero-order valence-corrected chi connectivity index (χ0v) is 18.5. The summed E-state index contributed by atoms with van der Waals surface area (Å²) in [6, 6.07) is 11.3. The molecule has 148 valence electrons. The smallest absolute Gasteiger partial charge is 0.205 e. The van der Waals surface area contributed by atoms with Gasteiger partial charge in [0.25, 0.3) is 0 Å². The van der Waals surface area contributed by atoms with Crippen LogP contribution >= 0.6 is 24.0 Å². The number of nitrogens with one attached hydrogen (secondary N) is 1. The molecule has 1 aromatic carbocycles. The number of H-pyrrole nitrogens is 1. The maximum atomic E-state index is 12.9. The Morgan fingerprint density at radius 3 is 2.75 bits per heavy atom. The van der Waals surface area contributed by atoms with Crippen LogP contribution in [0.3, 0.4) is 0 Å². The second-order valence-corrected chi connectivity index (χ2v) is 10.6. The van der Waals surface area contributed by atoms with E-state index in [1.165, 1.54) is 11.3 Å². The number of thiophene rings is 1. The van der Waals surface area contributed by atoms with Gasteiger partial charge in [-0.25, -0.2) is 8.42 Å². The van der Waals surface area contributed by atoms with E-state index in [-0.39, 0.29) is 11.9 Å². The van der Waals surface area contributed by atoms with Crippen LogP contribution in [0.25, 0.3) is 10.9 Å². The van der Waals surface area contributed by atoms with Crippen LogP contribution in [0.2, 0.25) is 0 Å². The lowest BCUT2D eigenvalue weighted by Gasteiger charge is -2.29. The molecular formula is C20H23N3O2S3. The normalized spacial score (nSPS) is 13.1. The van der Waals surface area contributed by atoms with E-state index in [0.29, 0.717) is 4.21 Å². The predicted octanol–water partition coefficient (Wildman–Crippen LogP) is 5.09. The number of sulfone groups is 1. The van der Waals surface area contributed by atoms with Crippen molar-refractivity contribution in [1.29, 1.82) is 0 Å². The Labute approximate surface area is 175 Å². The van der Waals surface area contributed by atoms with Gasteiger partial charge in [0.2, 0.25) is 9.84 Å². The van der Waals surface area contributed by atoms with Crippen molar-refractivity contribution in [2.24, 2.45) is 4.99 Å². The van der Waals surface area contributed by atoms with Crippen LogP contribution in [0.5, 0.6) is 0 Å². The Hall–Kier alpha value is -2.03. The van der Waals surface area contributed by atoms with Gasteiger partial charge in [-0.3, -0.25) is 4.99 Å². The first-order chi connectivity index (χ1) is 13.3. The first-order valence-electron chi connectivity index (χ1n) is 8.81. The summed E-state index contributed by atoms with van der Waals surface area (Å²) in [5.74, 6) is -0.0751. The molecule has 0 fully saturated rings. The first kappa shape index (κ1) is 20.7. The number of aliphatic imine (C=N–C) groups is 1. The standard InChI is InChI=1S/C20H23N3O2S3/c1-14(2)23(13-28(24,25)19-8-5-9-27-19)18-7-4-6-16-10-17(22-20(16)18)12-21-11-15(3)26/h4-12,14,22,26H,13H2,1-3H3/b15-11-,21-12?.